The van der Waals surface area contributed by atoms with Crippen LogP contribution in [0.4, 0.5) is 0 Å². The molecule has 4 nitrogen and oxygen atoms in total. The quantitative estimate of drug-likeness (QED) is 0.762. The predicted octanol–water partition coefficient (Wildman–Crippen LogP) is 2.34. The van der Waals surface area contributed by atoms with Gasteiger partial charge in [-0.1, -0.05) is 31.5 Å². The van der Waals surface area contributed by atoms with Crippen molar-refractivity contribution >= 4 is 16.8 Å². The number of aromatic amines is 1. The Balaban J connectivity index is 1.58. The maximum absolute atomic E-state index is 12.2. The molecular formula is C17H23N3O. The van der Waals surface area contributed by atoms with Gasteiger partial charge in [-0.15, -0.1) is 0 Å². The van der Waals surface area contributed by atoms with Crippen molar-refractivity contribution in [3.63, 3.8) is 0 Å². The molecule has 3 rings (SSSR count). The summed E-state index contributed by atoms with van der Waals surface area (Å²) in [5.74, 6) is 0.642. The molecule has 3 atom stereocenters. The molecule has 0 aliphatic heterocycles. The van der Waals surface area contributed by atoms with Crippen molar-refractivity contribution < 1.29 is 4.79 Å². The van der Waals surface area contributed by atoms with Gasteiger partial charge in [-0.25, -0.2) is 0 Å². The third kappa shape index (κ3) is 3.10. The highest BCUT2D eigenvalue weighted by Gasteiger charge is 2.37. The Labute approximate surface area is 125 Å². The number of carbonyl (C=O) groups excluding carboxylic acids is 1. The maximum atomic E-state index is 12.2. The largest absolute Gasteiger partial charge is 0.361 e. The van der Waals surface area contributed by atoms with E-state index in [1.807, 2.05) is 24.4 Å². The Morgan fingerprint density at radius 3 is 3.10 bits per heavy atom. The van der Waals surface area contributed by atoms with Crippen LogP contribution in [0.5, 0.6) is 0 Å². The number of para-hydroxylation sites is 1. The molecule has 2 unspecified atom stereocenters. The Kier molecular flexibility index (Phi) is 3.97. The summed E-state index contributed by atoms with van der Waals surface area (Å²) in [5, 5.41) is 4.22. The molecule has 1 heterocycles. The molecule has 21 heavy (non-hydrogen) atoms. The molecule has 112 valence electrons. The highest BCUT2D eigenvalue weighted by Crippen LogP contribution is 2.34. The number of amides is 1. The van der Waals surface area contributed by atoms with Gasteiger partial charge in [-0.3, -0.25) is 4.79 Å². The van der Waals surface area contributed by atoms with Crippen LogP contribution < -0.4 is 11.1 Å². The summed E-state index contributed by atoms with van der Waals surface area (Å²) in [6.45, 7) is 2.18. The van der Waals surface area contributed by atoms with Gasteiger partial charge in [0.15, 0.2) is 0 Å². The van der Waals surface area contributed by atoms with Gasteiger partial charge in [0.05, 0.1) is 6.04 Å². The van der Waals surface area contributed by atoms with E-state index in [9.17, 15) is 4.79 Å². The van der Waals surface area contributed by atoms with Crippen molar-refractivity contribution in [1.82, 2.24) is 10.3 Å². The average molecular weight is 285 g/mol. The SMILES string of the molecule is CCCC1CC1NC(=O)[C@H](N)Cc1c[nH]c2ccccc12. The Morgan fingerprint density at radius 1 is 1.48 bits per heavy atom. The molecule has 1 aromatic heterocycles. The number of benzene rings is 1. The van der Waals surface area contributed by atoms with E-state index in [1.165, 1.54) is 12.8 Å². The number of aromatic nitrogens is 1. The van der Waals surface area contributed by atoms with E-state index < -0.39 is 6.04 Å². The highest BCUT2D eigenvalue weighted by molar-refractivity contribution is 5.86. The number of fused-ring (bicyclic) bond motifs is 1. The third-order valence-corrected chi connectivity index (χ3v) is 4.36. The lowest BCUT2D eigenvalue weighted by Crippen LogP contribution is -2.43. The zero-order valence-electron chi connectivity index (χ0n) is 12.4. The molecule has 0 saturated heterocycles. The minimum absolute atomic E-state index is 0.0242. The summed E-state index contributed by atoms with van der Waals surface area (Å²) >= 11 is 0. The van der Waals surface area contributed by atoms with E-state index in [4.69, 9.17) is 5.73 Å². The van der Waals surface area contributed by atoms with E-state index in [-0.39, 0.29) is 5.91 Å². The first kappa shape index (κ1) is 14.1. The molecule has 1 aromatic carbocycles. The third-order valence-electron chi connectivity index (χ3n) is 4.36. The number of hydrogen-bond donors (Lipinski definition) is 3. The first-order valence-corrected chi connectivity index (χ1v) is 7.80. The van der Waals surface area contributed by atoms with Gasteiger partial charge in [0, 0.05) is 23.1 Å². The fourth-order valence-electron chi connectivity index (χ4n) is 3.03. The molecule has 1 aliphatic carbocycles. The molecule has 1 aliphatic rings. The van der Waals surface area contributed by atoms with Gasteiger partial charge in [-0.05, 0) is 36.8 Å². The minimum Gasteiger partial charge on any atom is -0.361 e. The second-order valence-corrected chi connectivity index (χ2v) is 6.07. The van der Waals surface area contributed by atoms with E-state index in [0.717, 1.165) is 22.9 Å². The molecular weight excluding hydrogens is 262 g/mol. The summed E-state index contributed by atoms with van der Waals surface area (Å²) in [7, 11) is 0. The lowest BCUT2D eigenvalue weighted by molar-refractivity contribution is -0.122. The van der Waals surface area contributed by atoms with Gasteiger partial charge in [-0.2, -0.15) is 0 Å². The molecule has 4 heteroatoms. The first-order valence-electron chi connectivity index (χ1n) is 7.80. The Hall–Kier alpha value is -1.81. The minimum atomic E-state index is -0.480. The van der Waals surface area contributed by atoms with Crippen molar-refractivity contribution in [3.05, 3.63) is 36.0 Å². The topological polar surface area (TPSA) is 70.9 Å². The van der Waals surface area contributed by atoms with Crippen molar-refractivity contribution in [2.24, 2.45) is 11.7 Å². The maximum Gasteiger partial charge on any atom is 0.237 e. The zero-order chi connectivity index (χ0) is 14.8. The molecule has 0 spiro atoms. The second kappa shape index (κ2) is 5.90. The molecule has 2 aromatic rings. The summed E-state index contributed by atoms with van der Waals surface area (Å²) in [5.41, 5.74) is 8.26. The molecule has 1 amide bonds. The van der Waals surface area contributed by atoms with Crippen molar-refractivity contribution in [3.8, 4) is 0 Å². The van der Waals surface area contributed by atoms with E-state index in [2.05, 4.69) is 23.3 Å². The van der Waals surface area contributed by atoms with Crippen LogP contribution in [0.15, 0.2) is 30.5 Å². The van der Waals surface area contributed by atoms with Gasteiger partial charge < -0.3 is 16.0 Å². The van der Waals surface area contributed by atoms with Crippen LogP contribution in [0.25, 0.3) is 10.9 Å². The van der Waals surface area contributed by atoms with Crippen LogP contribution >= 0.6 is 0 Å². The number of carbonyl (C=O) groups is 1. The number of rotatable bonds is 6. The van der Waals surface area contributed by atoms with Gasteiger partial charge in [0.2, 0.25) is 5.91 Å². The molecule has 0 radical (unpaired) electrons. The smallest absolute Gasteiger partial charge is 0.237 e. The summed E-state index contributed by atoms with van der Waals surface area (Å²) < 4.78 is 0. The second-order valence-electron chi connectivity index (χ2n) is 6.07. The van der Waals surface area contributed by atoms with Crippen molar-refractivity contribution in [1.29, 1.82) is 0 Å². The molecule has 4 N–H and O–H groups in total. The van der Waals surface area contributed by atoms with E-state index in [1.54, 1.807) is 0 Å². The lowest BCUT2D eigenvalue weighted by Gasteiger charge is -2.12. The number of hydrogen-bond acceptors (Lipinski definition) is 2. The summed E-state index contributed by atoms with van der Waals surface area (Å²) in [4.78, 5) is 15.4. The number of H-pyrrole nitrogens is 1. The average Bonchev–Trinajstić information content (AvgIpc) is 3.08. The standard InChI is InChI=1S/C17H23N3O/c1-2-5-11-9-16(11)20-17(21)14(18)8-12-10-19-15-7-4-3-6-13(12)15/h3-4,6-7,10-11,14,16,19H,2,5,8-9,18H2,1H3,(H,20,21)/t11?,14-,16?/m1/s1. The fraction of sp³-hybridized carbons (Fsp3) is 0.471. The van der Waals surface area contributed by atoms with Crippen LogP contribution in [-0.2, 0) is 11.2 Å². The van der Waals surface area contributed by atoms with Crippen LogP contribution in [0.3, 0.4) is 0 Å². The molecule has 0 bridgehead atoms. The van der Waals surface area contributed by atoms with E-state index >= 15 is 0 Å². The van der Waals surface area contributed by atoms with Crippen LogP contribution in [0.1, 0.15) is 31.7 Å². The van der Waals surface area contributed by atoms with Crippen molar-refractivity contribution in [2.75, 3.05) is 0 Å². The van der Waals surface area contributed by atoms with Crippen LogP contribution in [0, 0.1) is 5.92 Å². The Bertz CT molecular complexity index is 634. The summed E-state index contributed by atoms with van der Waals surface area (Å²) in [6, 6.07) is 7.97. The van der Waals surface area contributed by atoms with Crippen LogP contribution in [0.2, 0.25) is 0 Å². The first-order chi connectivity index (χ1) is 10.2. The molecule has 1 fully saturated rings. The van der Waals surface area contributed by atoms with Gasteiger partial charge in [0.1, 0.15) is 0 Å². The normalized spacial score (nSPS) is 22.2. The number of nitrogens with one attached hydrogen (secondary N) is 2. The van der Waals surface area contributed by atoms with Crippen LogP contribution in [-0.4, -0.2) is 23.0 Å². The monoisotopic (exact) mass is 285 g/mol. The van der Waals surface area contributed by atoms with Crippen molar-refractivity contribution in [2.45, 2.75) is 44.7 Å². The fourth-order valence-corrected chi connectivity index (χ4v) is 3.03. The van der Waals surface area contributed by atoms with Gasteiger partial charge >= 0.3 is 0 Å². The lowest BCUT2D eigenvalue weighted by atomic mass is 10.1. The van der Waals surface area contributed by atoms with E-state index in [0.29, 0.717) is 18.4 Å². The predicted molar refractivity (Wildman–Crippen MR) is 84.9 cm³/mol. The molecule has 1 saturated carbocycles. The highest BCUT2D eigenvalue weighted by atomic mass is 16.2. The zero-order valence-corrected chi connectivity index (χ0v) is 12.4. The summed E-state index contributed by atoms with van der Waals surface area (Å²) in [6.07, 6.45) is 6.01. The number of nitrogens with two attached hydrogens (primary N) is 1. The Morgan fingerprint density at radius 2 is 2.29 bits per heavy atom. The van der Waals surface area contributed by atoms with Gasteiger partial charge in [0.25, 0.3) is 0 Å².